The lowest BCUT2D eigenvalue weighted by Crippen LogP contribution is -2.23. The van der Waals surface area contributed by atoms with Gasteiger partial charge in [-0.25, -0.2) is 0 Å². The van der Waals surface area contributed by atoms with Crippen molar-refractivity contribution in [2.45, 2.75) is 12.5 Å². The monoisotopic (exact) mass is 304 g/mol. The van der Waals surface area contributed by atoms with Gasteiger partial charge in [0.15, 0.2) is 0 Å². The fourth-order valence-corrected chi connectivity index (χ4v) is 2.32. The molecule has 1 fully saturated rings. The summed E-state index contributed by atoms with van der Waals surface area (Å²) in [5, 5.41) is 3.19. The number of carbonyl (C=O) groups excluding carboxylic acids is 1. The molecule has 0 saturated carbocycles. The molecule has 19 heavy (non-hydrogen) atoms. The number of hydrogen-bond acceptors (Lipinski definition) is 4. The molecule has 1 aliphatic heterocycles. The topological polar surface area (TPSA) is 73.6 Å². The molecule has 1 saturated heterocycles. The van der Waals surface area contributed by atoms with Crippen LogP contribution in [0.15, 0.2) is 12.1 Å². The lowest BCUT2D eigenvalue weighted by Gasteiger charge is -2.12. The molecule has 5 nitrogen and oxygen atoms in total. The number of benzene rings is 1. The van der Waals surface area contributed by atoms with Crippen LogP contribution in [0.5, 0.6) is 0 Å². The molecule has 1 amide bonds. The van der Waals surface area contributed by atoms with Gasteiger partial charge in [0.05, 0.1) is 28.4 Å². The van der Waals surface area contributed by atoms with E-state index in [2.05, 4.69) is 5.32 Å². The molecule has 0 spiro atoms. The van der Waals surface area contributed by atoms with Gasteiger partial charge in [0.1, 0.15) is 6.61 Å². The second kappa shape index (κ2) is 6.43. The molecular weight excluding hydrogens is 291 g/mol. The number of ether oxygens (including phenoxy) is 2. The maximum atomic E-state index is 11.7. The van der Waals surface area contributed by atoms with Crippen molar-refractivity contribution >= 4 is 40.5 Å². The van der Waals surface area contributed by atoms with E-state index in [9.17, 15) is 4.79 Å². The molecule has 104 valence electrons. The van der Waals surface area contributed by atoms with Crippen LogP contribution < -0.4 is 11.1 Å². The first-order valence-corrected chi connectivity index (χ1v) is 6.55. The molecule has 1 atom stereocenters. The van der Waals surface area contributed by atoms with Crippen LogP contribution in [-0.4, -0.2) is 31.8 Å². The fourth-order valence-electron chi connectivity index (χ4n) is 1.73. The van der Waals surface area contributed by atoms with Crippen molar-refractivity contribution in [3.63, 3.8) is 0 Å². The summed E-state index contributed by atoms with van der Waals surface area (Å²) in [7, 11) is 0. The van der Waals surface area contributed by atoms with Crippen LogP contribution in [0.25, 0.3) is 0 Å². The van der Waals surface area contributed by atoms with Crippen LogP contribution in [0.3, 0.4) is 0 Å². The van der Waals surface area contributed by atoms with E-state index in [1.807, 2.05) is 0 Å². The van der Waals surface area contributed by atoms with Gasteiger partial charge in [-0.2, -0.15) is 0 Å². The average Bonchev–Trinajstić information content (AvgIpc) is 2.84. The summed E-state index contributed by atoms with van der Waals surface area (Å²) in [5.74, 6) is -0.319. The van der Waals surface area contributed by atoms with E-state index in [4.69, 9.17) is 38.4 Å². The largest absolute Gasteiger partial charge is 0.399 e. The SMILES string of the molecule is Nc1cc(Cl)c(NC(=O)COC2CCOC2)c(Cl)c1. The Morgan fingerprint density at radius 3 is 2.74 bits per heavy atom. The third-order valence-electron chi connectivity index (χ3n) is 2.67. The maximum absolute atomic E-state index is 11.7. The second-order valence-corrected chi connectivity index (χ2v) is 5.02. The number of anilines is 2. The maximum Gasteiger partial charge on any atom is 0.250 e. The zero-order valence-corrected chi connectivity index (χ0v) is 11.6. The summed E-state index contributed by atoms with van der Waals surface area (Å²) in [4.78, 5) is 11.7. The Bertz CT molecular complexity index is 453. The van der Waals surface area contributed by atoms with Crippen molar-refractivity contribution in [2.24, 2.45) is 0 Å². The smallest absolute Gasteiger partial charge is 0.250 e. The van der Waals surface area contributed by atoms with Gasteiger partial charge >= 0.3 is 0 Å². The fraction of sp³-hybridized carbons (Fsp3) is 0.417. The molecule has 3 N–H and O–H groups in total. The first-order valence-electron chi connectivity index (χ1n) is 5.80. The average molecular weight is 305 g/mol. The summed E-state index contributed by atoms with van der Waals surface area (Å²) in [6, 6.07) is 3.05. The number of nitrogen functional groups attached to an aromatic ring is 1. The predicted octanol–water partition coefficient (Wildman–Crippen LogP) is 2.32. The molecule has 0 bridgehead atoms. The van der Waals surface area contributed by atoms with Gasteiger partial charge in [-0.1, -0.05) is 23.2 Å². The number of amides is 1. The number of nitrogens with two attached hydrogens (primary N) is 1. The van der Waals surface area contributed by atoms with Gasteiger partial charge < -0.3 is 20.5 Å². The number of rotatable bonds is 4. The number of carbonyl (C=O) groups is 1. The molecule has 1 unspecified atom stereocenters. The molecule has 1 heterocycles. The van der Waals surface area contributed by atoms with Gasteiger partial charge in [0.25, 0.3) is 0 Å². The molecule has 1 aromatic carbocycles. The minimum absolute atomic E-state index is 0.0249. The Morgan fingerprint density at radius 2 is 2.16 bits per heavy atom. The number of halogens is 2. The zero-order valence-electron chi connectivity index (χ0n) is 10.1. The van der Waals surface area contributed by atoms with E-state index in [1.165, 1.54) is 12.1 Å². The third kappa shape index (κ3) is 3.98. The number of hydrogen-bond donors (Lipinski definition) is 2. The van der Waals surface area contributed by atoms with Gasteiger partial charge in [-0.15, -0.1) is 0 Å². The summed E-state index contributed by atoms with van der Waals surface area (Å²) < 4.78 is 10.5. The molecule has 1 aliphatic rings. The van der Waals surface area contributed by atoms with E-state index < -0.39 is 0 Å². The Kier molecular flexibility index (Phi) is 4.87. The van der Waals surface area contributed by atoms with E-state index in [0.717, 1.165) is 6.42 Å². The van der Waals surface area contributed by atoms with Gasteiger partial charge in [-0.3, -0.25) is 4.79 Å². The Labute approximate surface area is 121 Å². The first-order chi connectivity index (χ1) is 9.06. The lowest BCUT2D eigenvalue weighted by molar-refractivity contribution is -0.122. The Hall–Kier alpha value is -1.01. The molecule has 0 aromatic heterocycles. The molecular formula is C12H14Cl2N2O3. The van der Waals surface area contributed by atoms with Crippen LogP contribution >= 0.6 is 23.2 Å². The quantitative estimate of drug-likeness (QED) is 0.837. The van der Waals surface area contributed by atoms with E-state index in [1.54, 1.807) is 0 Å². The molecule has 0 radical (unpaired) electrons. The number of nitrogens with one attached hydrogen (secondary N) is 1. The first kappa shape index (κ1) is 14.4. The van der Waals surface area contributed by atoms with Crippen molar-refractivity contribution in [3.8, 4) is 0 Å². The van der Waals surface area contributed by atoms with Gasteiger partial charge in [0, 0.05) is 12.3 Å². The van der Waals surface area contributed by atoms with Crippen molar-refractivity contribution in [2.75, 3.05) is 30.9 Å². The van der Waals surface area contributed by atoms with Crippen molar-refractivity contribution in [1.82, 2.24) is 0 Å². The summed E-state index contributed by atoms with van der Waals surface area (Å²) in [6.45, 7) is 1.13. The third-order valence-corrected chi connectivity index (χ3v) is 3.26. The Balaban J connectivity index is 1.91. The van der Waals surface area contributed by atoms with Crippen LogP contribution in [0, 0.1) is 0 Å². The molecule has 2 rings (SSSR count). The minimum Gasteiger partial charge on any atom is -0.399 e. The highest BCUT2D eigenvalue weighted by Crippen LogP contribution is 2.32. The highest BCUT2D eigenvalue weighted by Gasteiger charge is 2.18. The highest BCUT2D eigenvalue weighted by atomic mass is 35.5. The zero-order chi connectivity index (χ0) is 13.8. The standard InChI is InChI=1S/C12H14Cl2N2O3/c13-9-3-7(15)4-10(14)12(9)16-11(17)6-19-8-1-2-18-5-8/h3-4,8H,1-2,5-6,15H2,(H,16,17). The van der Waals surface area contributed by atoms with Crippen LogP contribution in [0.2, 0.25) is 10.0 Å². The van der Waals surface area contributed by atoms with Crippen LogP contribution in [0.4, 0.5) is 11.4 Å². The summed E-state index contributed by atoms with van der Waals surface area (Å²) in [6.07, 6.45) is 0.777. The van der Waals surface area contributed by atoms with E-state index >= 15 is 0 Å². The minimum atomic E-state index is -0.319. The van der Waals surface area contributed by atoms with Crippen LogP contribution in [0.1, 0.15) is 6.42 Å². The normalized spacial score (nSPS) is 18.5. The predicted molar refractivity (Wildman–Crippen MR) is 74.7 cm³/mol. The Morgan fingerprint density at radius 1 is 1.47 bits per heavy atom. The van der Waals surface area contributed by atoms with Crippen molar-refractivity contribution < 1.29 is 14.3 Å². The van der Waals surface area contributed by atoms with Gasteiger partial charge in [-0.05, 0) is 18.6 Å². The van der Waals surface area contributed by atoms with Gasteiger partial charge in [0.2, 0.25) is 5.91 Å². The van der Waals surface area contributed by atoms with E-state index in [0.29, 0.717) is 34.6 Å². The summed E-state index contributed by atoms with van der Waals surface area (Å²) >= 11 is 11.9. The van der Waals surface area contributed by atoms with Crippen molar-refractivity contribution in [1.29, 1.82) is 0 Å². The van der Waals surface area contributed by atoms with E-state index in [-0.39, 0.29) is 18.6 Å². The molecule has 1 aromatic rings. The lowest BCUT2D eigenvalue weighted by atomic mass is 10.3. The van der Waals surface area contributed by atoms with Crippen molar-refractivity contribution in [3.05, 3.63) is 22.2 Å². The molecule has 7 heteroatoms. The summed E-state index contributed by atoms with van der Waals surface area (Å²) in [5.41, 5.74) is 6.36. The highest BCUT2D eigenvalue weighted by molar-refractivity contribution is 6.40. The second-order valence-electron chi connectivity index (χ2n) is 4.20. The molecule has 0 aliphatic carbocycles. The van der Waals surface area contributed by atoms with Crippen LogP contribution in [-0.2, 0) is 14.3 Å².